The van der Waals surface area contributed by atoms with Gasteiger partial charge in [0.05, 0.1) is 6.42 Å². The van der Waals surface area contributed by atoms with Crippen LogP contribution in [0.3, 0.4) is 0 Å². The molecule has 0 rings (SSSR count). The van der Waals surface area contributed by atoms with Gasteiger partial charge in [0.15, 0.2) is 0 Å². The molecule has 0 N–H and O–H groups in total. The molecule has 0 saturated carbocycles. The van der Waals surface area contributed by atoms with Gasteiger partial charge < -0.3 is 9.47 Å². The minimum atomic E-state index is -0.526. The fourth-order valence-corrected chi connectivity index (χ4v) is 0.855. The highest BCUT2D eigenvalue weighted by Crippen LogP contribution is 1.94. The molecule has 0 unspecified atom stereocenters. The highest BCUT2D eigenvalue weighted by Gasteiger charge is 2.03. The molecule has 0 bridgehead atoms. The van der Waals surface area contributed by atoms with Gasteiger partial charge in [-0.3, -0.25) is 4.79 Å². The second-order valence-electron chi connectivity index (χ2n) is 2.33. The predicted octanol–water partition coefficient (Wildman–Crippen LogP) is 1.01. The Morgan fingerprint density at radius 1 is 1.36 bits per heavy atom. The van der Waals surface area contributed by atoms with Gasteiger partial charge in [-0.05, 0) is 6.26 Å². The van der Waals surface area contributed by atoms with E-state index in [0.717, 1.165) is 11.8 Å². The van der Waals surface area contributed by atoms with Crippen molar-refractivity contribution in [1.82, 2.24) is 0 Å². The van der Waals surface area contributed by atoms with Crippen molar-refractivity contribution < 1.29 is 19.1 Å². The Hall–Kier alpha value is -0.970. The predicted molar refractivity (Wildman–Crippen MR) is 55.1 cm³/mol. The summed E-state index contributed by atoms with van der Waals surface area (Å²) in [5.74, 6) is -0.101. The largest absolute Gasteiger partial charge is 0.465 e. The lowest BCUT2D eigenvalue weighted by atomic mass is 10.4. The standard InChI is InChI=1S/C9H14O4S/c1-3-8(10)12-5-4-9(11)13-6-7-14-2/h3H,1,4-7H2,2H3. The number of carbonyl (C=O) groups is 2. The topological polar surface area (TPSA) is 52.6 Å². The van der Waals surface area contributed by atoms with E-state index in [1.165, 1.54) is 0 Å². The Kier molecular flexibility index (Phi) is 8.02. The first-order chi connectivity index (χ1) is 6.70. The Bertz CT molecular complexity index is 203. The Balaban J connectivity index is 3.35. The van der Waals surface area contributed by atoms with E-state index in [0.29, 0.717) is 6.61 Å². The van der Waals surface area contributed by atoms with Crippen molar-refractivity contribution in [2.24, 2.45) is 0 Å². The summed E-state index contributed by atoms with van der Waals surface area (Å²) < 4.78 is 9.43. The molecule has 80 valence electrons. The summed E-state index contributed by atoms with van der Waals surface area (Å²) in [5.41, 5.74) is 0. The van der Waals surface area contributed by atoms with E-state index >= 15 is 0 Å². The maximum atomic E-state index is 10.9. The van der Waals surface area contributed by atoms with Gasteiger partial charge in [-0.25, -0.2) is 4.79 Å². The summed E-state index contributed by atoms with van der Waals surface area (Å²) in [6.45, 7) is 3.67. The maximum Gasteiger partial charge on any atom is 0.330 e. The molecule has 4 nitrogen and oxygen atoms in total. The zero-order valence-corrected chi connectivity index (χ0v) is 8.97. The van der Waals surface area contributed by atoms with Gasteiger partial charge in [0.2, 0.25) is 0 Å². The third-order valence-electron chi connectivity index (χ3n) is 1.27. The summed E-state index contributed by atoms with van der Waals surface area (Å²) in [6.07, 6.45) is 3.08. The van der Waals surface area contributed by atoms with Gasteiger partial charge in [0.1, 0.15) is 13.2 Å². The lowest BCUT2D eigenvalue weighted by molar-refractivity contribution is -0.146. The molecule has 0 heterocycles. The van der Waals surface area contributed by atoms with Crippen molar-refractivity contribution >= 4 is 23.7 Å². The van der Waals surface area contributed by atoms with Crippen LogP contribution in [-0.2, 0) is 19.1 Å². The molecule has 5 heteroatoms. The van der Waals surface area contributed by atoms with E-state index in [9.17, 15) is 9.59 Å². The summed E-state index contributed by atoms with van der Waals surface area (Å²) in [7, 11) is 0. The van der Waals surface area contributed by atoms with Gasteiger partial charge in [0.25, 0.3) is 0 Å². The van der Waals surface area contributed by atoms with Crippen molar-refractivity contribution in [2.75, 3.05) is 25.2 Å². The molecule has 14 heavy (non-hydrogen) atoms. The fourth-order valence-electron chi connectivity index (χ4n) is 0.605. The lowest BCUT2D eigenvalue weighted by Gasteiger charge is -2.03. The summed E-state index contributed by atoms with van der Waals surface area (Å²) in [4.78, 5) is 21.5. The van der Waals surface area contributed by atoms with Crippen LogP contribution >= 0.6 is 11.8 Å². The Labute approximate surface area is 87.6 Å². The molecule has 0 fully saturated rings. The third-order valence-corrected chi connectivity index (χ3v) is 1.84. The monoisotopic (exact) mass is 218 g/mol. The van der Waals surface area contributed by atoms with Crippen LogP contribution in [0.2, 0.25) is 0 Å². The number of rotatable bonds is 7. The Morgan fingerprint density at radius 3 is 2.64 bits per heavy atom. The zero-order valence-electron chi connectivity index (χ0n) is 8.15. The van der Waals surface area contributed by atoms with Gasteiger partial charge >= 0.3 is 11.9 Å². The molecule has 0 aromatic heterocycles. The van der Waals surface area contributed by atoms with Crippen LogP contribution in [0.25, 0.3) is 0 Å². The van der Waals surface area contributed by atoms with Crippen LogP contribution in [0.1, 0.15) is 6.42 Å². The second-order valence-corrected chi connectivity index (χ2v) is 3.32. The third kappa shape index (κ3) is 7.67. The van der Waals surface area contributed by atoms with E-state index in [4.69, 9.17) is 4.74 Å². The first-order valence-corrected chi connectivity index (χ1v) is 5.54. The molecule has 0 aromatic carbocycles. The van der Waals surface area contributed by atoms with Crippen LogP contribution in [0.5, 0.6) is 0 Å². The normalized spacial score (nSPS) is 9.21. The van der Waals surface area contributed by atoms with Crippen molar-refractivity contribution in [1.29, 1.82) is 0 Å². The quantitative estimate of drug-likeness (QED) is 0.362. The number of hydrogen-bond donors (Lipinski definition) is 0. The van der Waals surface area contributed by atoms with Crippen LogP contribution < -0.4 is 0 Å². The number of carbonyl (C=O) groups excluding carboxylic acids is 2. The molecule has 0 spiro atoms. The van der Waals surface area contributed by atoms with E-state index in [2.05, 4.69) is 11.3 Å². The molecule has 0 amide bonds. The summed E-state index contributed by atoms with van der Waals surface area (Å²) in [5, 5.41) is 0. The van der Waals surface area contributed by atoms with Crippen LogP contribution in [0, 0.1) is 0 Å². The van der Waals surface area contributed by atoms with Crippen LogP contribution in [0.15, 0.2) is 12.7 Å². The summed E-state index contributed by atoms with van der Waals surface area (Å²) >= 11 is 1.60. The minimum Gasteiger partial charge on any atom is -0.465 e. The minimum absolute atomic E-state index is 0.0446. The molecule has 0 radical (unpaired) electrons. The zero-order chi connectivity index (χ0) is 10.8. The number of hydrogen-bond acceptors (Lipinski definition) is 5. The highest BCUT2D eigenvalue weighted by atomic mass is 32.2. The van der Waals surface area contributed by atoms with E-state index < -0.39 is 5.97 Å². The van der Waals surface area contributed by atoms with E-state index in [1.807, 2.05) is 6.26 Å². The van der Waals surface area contributed by atoms with Crippen LogP contribution in [0.4, 0.5) is 0 Å². The average Bonchev–Trinajstić information content (AvgIpc) is 2.18. The molecular formula is C9H14O4S. The van der Waals surface area contributed by atoms with E-state index in [1.54, 1.807) is 11.8 Å². The Morgan fingerprint density at radius 2 is 2.07 bits per heavy atom. The van der Waals surface area contributed by atoms with E-state index in [-0.39, 0.29) is 19.0 Å². The molecular weight excluding hydrogens is 204 g/mol. The van der Waals surface area contributed by atoms with Crippen molar-refractivity contribution in [3.8, 4) is 0 Å². The lowest BCUT2D eigenvalue weighted by Crippen LogP contribution is -2.12. The van der Waals surface area contributed by atoms with Gasteiger partial charge in [-0.1, -0.05) is 6.58 Å². The average molecular weight is 218 g/mol. The molecule has 0 atom stereocenters. The SMILES string of the molecule is C=CC(=O)OCCC(=O)OCCSC. The molecule has 0 saturated heterocycles. The fraction of sp³-hybridized carbons (Fsp3) is 0.556. The molecule has 0 aliphatic rings. The van der Waals surface area contributed by atoms with Crippen molar-refractivity contribution in [3.63, 3.8) is 0 Å². The van der Waals surface area contributed by atoms with Gasteiger partial charge in [-0.2, -0.15) is 11.8 Å². The molecule has 0 aliphatic heterocycles. The number of thioether (sulfide) groups is 1. The first kappa shape index (κ1) is 13.0. The summed E-state index contributed by atoms with van der Waals surface area (Å²) in [6, 6.07) is 0. The molecule has 0 aliphatic carbocycles. The smallest absolute Gasteiger partial charge is 0.330 e. The second kappa shape index (κ2) is 8.62. The maximum absolute atomic E-state index is 10.9. The highest BCUT2D eigenvalue weighted by molar-refractivity contribution is 7.98. The van der Waals surface area contributed by atoms with Crippen LogP contribution in [-0.4, -0.2) is 37.2 Å². The van der Waals surface area contributed by atoms with Gasteiger partial charge in [-0.15, -0.1) is 0 Å². The first-order valence-electron chi connectivity index (χ1n) is 4.14. The number of esters is 2. The molecule has 0 aromatic rings. The van der Waals surface area contributed by atoms with Crippen molar-refractivity contribution in [2.45, 2.75) is 6.42 Å². The van der Waals surface area contributed by atoms with Crippen molar-refractivity contribution in [3.05, 3.63) is 12.7 Å². The van der Waals surface area contributed by atoms with Gasteiger partial charge in [0, 0.05) is 11.8 Å². The number of ether oxygens (including phenoxy) is 2.